The number of halogens is 1. The van der Waals surface area contributed by atoms with Crippen molar-refractivity contribution in [2.24, 2.45) is 0 Å². The molecule has 12 heavy (non-hydrogen) atoms. The van der Waals surface area contributed by atoms with Crippen LogP contribution in [0.4, 0.5) is 0 Å². The van der Waals surface area contributed by atoms with Crippen molar-refractivity contribution in [3.05, 3.63) is 23.2 Å². The monoisotopic (exact) mass is 185 g/mol. The minimum atomic E-state index is -0.138. The van der Waals surface area contributed by atoms with Gasteiger partial charge in [-0.25, -0.2) is 0 Å². The third kappa shape index (κ3) is 2.13. The van der Waals surface area contributed by atoms with Crippen LogP contribution in [0.1, 0.15) is 0 Å². The molecule has 0 aliphatic carbocycles. The molecule has 0 unspecified atom stereocenters. The van der Waals surface area contributed by atoms with Gasteiger partial charge in [0.15, 0.2) is 6.61 Å². The predicted molar refractivity (Wildman–Crippen MR) is 44.3 cm³/mol. The van der Waals surface area contributed by atoms with Crippen LogP contribution in [0.25, 0.3) is 0 Å². The zero-order valence-corrected chi connectivity index (χ0v) is 6.84. The van der Waals surface area contributed by atoms with Gasteiger partial charge in [0, 0.05) is 6.07 Å². The lowest BCUT2D eigenvalue weighted by Gasteiger charge is -2.02. The Labute approximate surface area is 74.5 Å². The first kappa shape index (κ1) is 8.87. The Kier molecular flexibility index (Phi) is 2.94. The van der Waals surface area contributed by atoms with Crippen LogP contribution in [0.15, 0.2) is 18.2 Å². The number of aromatic hydroxyl groups is 1. The molecule has 0 amide bonds. The Morgan fingerprint density at radius 2 is 2.33 bits per heavy atom. The molecule has 0 spiro atoms. The molecule has 0 atom stereocenters. The minimum Gasteiger partial charge on any atom is -0.506 e. The molecular formula is C8H6ClO3. The lowest BCUT2D eigenvalue weighted by Crippen LogP contribution is -1.96. The Bertz CT molecular complexity index is 286. The summed E-state index contributed by atoms with van der Waals surface area (Å²) in [7, 11) is 0. The van der Waals surface area contributed by atoms with Crippen LogP contribution >= 0.6 is 11.6 Å². The van der Waals surface area contributed by atoms with Crippen LogP contribution in [0, 0.1) is 0 Å². The third-order valence-electron chi connectivity index (χ3n) is 1.22. The molecule has 3 nitrogen and oxygen atoms in total. The Morgan fingerprint density at radius 3 is 2.92 bits per heavy atom. The van der Waals surface area contributed by atoms with Gasteiger partial charge in [-0.05, 0) is 12.1 Å². The number of rotatable bonds is 3. The van der Waals surface area contributed by atoms with Crippen LogP contribution in [-0.2, 0) is 4.79 Å². The largest absolute Gasteiger partial charge is 0.506 e. The average molecular weight is 186 g/mol. The molecule has 0 saturated carbocycles. The average Bonchev–Trinajstić information content (AvgIpc) is 2.07. The topological polar surface area (TPSA) is 46.5 Å². The van der Waals surface area contributed by atoms with Gasteiger partial charge in [-0.1, -0.05) is 11.6 Å². The zero-order valence-electron chi connectivity index (χ0n) is 6.08. The van der Waals surface area contributed by atoms with Gasteiger partial charge in [0.25, 0.3) is 0 Å². The smallest absolute Gasteiger partial charge is 0.239 e. The second-order valence-electron chi connectivity index (χ2n) is 2.05. The molecule has 0 aliphatic rings. The predicted octanol–water partition coefficient (Wildman–Crippen LogP) is 1.53. The molecule has 0 fully saturated rings. The zero-order chi connectivity index (χ0) is 8.97. The van der Waals surface area contributed by atoms with Crippen LogP contribution in [0.2, 0.25) is 5.02 Å². The number of carbonyl (C=O) groups excluding carboxylic acids is 1. The molecule has 0 aliphatic heterocycles. The van der Waals surface area contributed by atoms with Crippen LogP contribution in [0.3, 0.4) is 0 Å². The summed E-state index contributed by atoms with van der Waals surface area (Å²) in [6, 6.07) is 4.33. The van der Waals surface area contributed by atoms with Gasteiger partial charge in [0.1, 0.15) is 11.5 Å². The fraction of sp³-hybridized carbons (Fsp3) is 0.125. The van der Waals surface area contributed by atoms with Gasteiger partial charge in [-0.3, -0.25) is 4.79 Å². The number of phenols is 1. The maximum absolute atomic E-state index is 9.80. The van der Waals surface area contributed by atoms with Crippen LogP contribution in [-0.4, -0.2) is 18.0 Å². The Hall–Kier alpha value is -1.22. The summed E-state index contributed by atoms with van der Waals surface area (Å²) >= 11 is 5.56. The lowest BCUT2D eigenvalue weighted by atomic mass is 10.3. The van der Waals surface area contributed by atoms with Crippen molar-refractivity contribution in [3.8, 4) is 11.5 Å². The van der Waals surface area contributed by atoms with Crippen molar-refractivity contribution < 1.29 is 14.6 Å². The number of hydrogen-bond acceptors (Lipinski definition) is 3. The molecule has 0 aromatic heterocycles. The van der Waals surface area contributed by atoms with E-state index in [2.05, 4.69) is 0 Å². The van der Waals surface area contributed by atoms with E-state index in [4.69, 9.17) is 21.4 Å². The molecule has 1 aromatic rings. The fourth-order valence-corrected chi connectivity index (χ4v) is 0.861. The number of phenolic OH excluding ortho intramolecular Hbond substituents is 1. The lowest BCUT2D eigenvalue weighted by molar-refractivity contribution is 0.364. The second-order valence-corrected chi connectivity index (χ2v) is 2.45. The van der Waals surface area contributed by atoms with E-state index in [1.54, 1.807) is 6.29 Å². The van der Waals surface area contributed by atoms with Gasteiger partial charge in [-0.2, -0.15) is 0 Å². The minimum absolute atomic E-state index is 0.0147. The molecule has 63 valence electrons. The molecule has 0 heterocycles. The fourth-order valence-electron chi connectivity index (χ4n) is 0.690. The van der Waals surface area contributed by atoms with Crippen molar-refractivity contribution in [2.45, 2.75) is 0 Å². The number of ether oxygens (including phenoxy) is 1. The van der Waals surface area contributed by atoms with Gasteiger partial charge in [0.05, 0.1) is 5.02 Å². The van der Waals surface area contributed by atoms with Gasteiger partial charge < -0.3 is 9.84 Å². The second kappa shape index (κ2) is 3.97. The van der Waals surface area contributed by atoms with E-state index in [0.29, 0.717) is 5.75 Å². The van der Waals surface area contributed by atoms with E-state index >= 15 is 0 Å². The highest BCUT2D eigenvalue weighted by molar-refractivity contribution is 6.32. The molecule has 0 bridgehead atoms. The Balaban J connectivity index is 2.75. The van der Waals surface area contributed by atoms with E-state index in [-0.39, 0.29) is 17.4 Å². The maximum Gasteiger partial charge on any atom is 0.239 e. The van der Waals surface area contributed by atoms with E-state index < -0.39 is 0 Å². The summed E-state index contributed by atoms with van der Waals surface area (Å²) in [5, 5.41) is 9.20. The van der Waals surface area contributed by atoms with Gasteiger partial charge in [-0.15, -0.1) is 0 Å². The molecule has 4 heteroatoms. The van der Waals surface area contributed by atoms with Crippen molar-refractivity contribution in [2.75, 3.05) is 6.61 Å². The van der Waals surface area contributed by atoms with Gasteiger partial charge in [0.2, 0.25) is 6.29 Å². The summed E-state index contributed by atoms with van der Waals surface area (Å²) in [5.41, 5.74) is 0. The summed E-state index contributed by atoms with van der Waals surface area (Å²) in [4.78, 5) is 9.80. The van der Waals surface area contributed by atoms with E-state index in [1.165, 1.54) is 18.2 Å². The van der Waals surface area contributed by atoms with Crippen molar-refractivity contribution in [1.82, 2.24) is 0 Å². The van der Waals surface area contributed by atoms with Crippen molar-refractivity contribution in [1.29, 1.82) is 0 Å². The summed E-state index contributed by atoms with van der Waals surface area (Å²) < 4.78 is 4.87. The normalized spacial score (nSPS) is 9.42. The van der Waals surface area contributed by atoms with E-state index in [9.17, 15) is 4.79 Å². The van der Waals surface area contributed by atoms with E-state index in [1.807, 2.05) is 0 Å². The highest BCUT2D eigenvalue weighted by Gasteiger charge is 1.99. The third-order valence-corrected chi connectivity index (χ3v) is 1.52. The molecule has 0 saturated heterocycles. The summed E-state index contributed by atoms with van der Waals surface area (Å²) in [6.45, 7) is -0.138. The maximum atomic E-state index is 9.80. The van der Waals surface area contributed by atoms with Crippen molar-refractivity contribution in [3.63, 3.8) is 0 Å². The molecule has 1 aromatic carbocycles. The first-order valence-corrected chi connectivity index (χ1v) is 3.58. The van der Waals surface area contributed by atoms with Crippen LogP contribution in [0.5, 0.6) is 11.5 Å². The van der Waals surface area contributed by atoms with E-state index in [0.717, 1.165) is 0 Å². The molecule has 1 radical (unpaired) electrons. The van der Waals surface area contributed by atoms with Gasteiger partial charge >= 0.3 is 0 Å². The standard InChI is InChI=1S/C8H6ClO3/c9-7-5-6(12-4-3-10)1-2-8(7)11/h1-2,5,11H,4H2. The summed E-state index contributed by atoms with van der Waals surface area (Å²) in [6.07, 6.45) is 1.57. The first-order valence-electron chi connectivity index (χ1n) is 3.20. The quantitative estimate of drug-likeness (QED) is 0.777. The molecular weight excluding hydrogens is 180 g/mol. The number of hydrogen-bond donors (Lipinski definition) is 1. The van der Waals surface area contributed by atoms with Crippen molar-refractivity contribution >= 4 is 17.9 Å². The highest BCUT2D eigenvalue weighted by atomic mass is 35.5. The first-order chi connectivity index (χ1) is 5.74. The highest BCUT2D eigenvalue weighted by Crippen LogP contribution is 2.27. The van der Waals surface area contributed by atoms with Crippen LogP contribution < -0.4 is 4.74 Å². The Morgan fingerprint density at radius 1 is 1.58 bits per heavy atom. The summed E-state index contributed by atoms with van der Waals surface area (Å²) in [5.74, 6) is 0.417. The number of benzene rings is 1. The molecule has 1 N–H and O–H groups in total. The SMILES string of the molecule is O=[C]COc1ccc(O)c(Cl)c1. The molecule has 1 rings (SSSR count).